The summed E-state index contributed by atoms with van der Waals surface area (Å²) >= 11 is 0. The molecule has 0 aliphatic carbocycles. The lowest BCUT2D eigenvalue weighted by molar-refractivity contribution is -0.0974. The van der Waals surface area contributed by atoms with Crippen LogP contribution in [-0.2, 0) is 4.74 Å². The molecule has 0 aliphatic rings. The van der Waals surface area contributed by atoms with Crippen LogP contribution in [0.5, 0.6) is 0 Å². The van der Waals surface area contributed by atoms with Crippen molar-refractivity contribution in [1.29, 1.82) is 0 Å². The van der Waals surface area contributed by atoms with E-state index < -0.39 is 12.2 Å². The van der Waals surface area contributed by atoms with Crippen LogP contribution in [0.3, 0.4) is 0 Å². The number of aliphatic hydroxyl groups excluding tert-OH is 1. The number of rotatable bonds is 4. The van der Waals surface area contributed by atoms with Crippen molar-refractivity contribution < 1.29 is 14.6 Å². The fourth-order valence-electron chi connectivity index (χ4n) is 1.68. The van der Waals surface area contributed by atoms with E-state index in [1.54, 1.807) is 17.5 Å². The summed E-state index contributed by atoms with van der Waals surface area (Å²) in [6.07, 6.45) is 2.18. The summed E-state index contributed by atoms with van der Waals surface area (Å²) in [5, 5.41) is 9.50. The summed E-state index contributed by atoms with van der Waals surface area (Å²) in [4.78, 5) is 16.2. The molecule has 0 saturated carbocycles. The molecule has 2 aromatic rings. The molecule has 0 aromatic carbocycles. The average molecular weight is 234 g/mol. The van der Waals surface area contributed by atoms with Crippen LogP contribution >= 0.6 is 0 Å². The van der Waals surface area contributed by atoms with Gasteiger partial charge < -0.3 is 9.84 Å². The Hall–Kier alpha value is -1.72. The van der Waals surface area contributed by atoms with Crippen molar-refractivity contribution in [3.05, 3.63) is 36.3 Å². The number of hydrogen-bond acceptors (Lipinski definition) is 4. The second kappa shape index (κ2) is 4.65. The van der Waals surface area contributed by atoms with Crippen molar-refractivity contribution in [1.82, 2.24) is 9.38 Å². The van der Waals surface area contributed by atoms with E-state index in [1.165, 1.54) is 13.3 Å². The normalized spacial score (nSPS) is 14.8. The number of fused-ring (bicyclic) bond motifs is 1. The van der Waals surface area contributed by atoms with Gasteiger partial charge in [-0.05, 0) is 12.1 Å². The standard InChI is InChI=1S/C12H14N2O3/c1-8(12(16)17-2)11(15)9-7-13-10-5-3-4-6-14(9)10/h3-8,12,16H,1-2H3/t8-,12+/m0/s1. The summed E-state index contributed by atoms with van der Waals surface area (Å²) < 4.78 is 6.44. The van der Waals surface area contributed by atoms with Crippen molar-refractivity contribution in [3.8, 4) is 0 Å². The topological polar surface area (TPSA) is 63.8 Å². The summed E-state index contributed by atoms with van der Waals surface area (Å²) in [6.45, 7) is 1.62. The maximum Gasteiger partial charge on any atom is 0.189 e. The third-order valence-electron chi connectivity index (χ3n) is 2.75. The lowest BCUT2D eigenvalue weighted by atomic mass is 10.0. The van der Waals surface area contributed by atoms with Crippen LogP contribution in [0.15, 0.2) is 30.6 Å². The molecule has 0 aliphatic heterocycles. The smallest absolute Gasteiger partial charge is 0.189 e. The Bertz CT molecular complexity index is 535. The van der Waals surface area contributed by atoms with Gasteiger partial charge in [0.1, 0.15) is 11.3 Å². The molecule has 0 bridgehead atoms. The third kappa shape index (κ3) is 2.07. The van der Waals surface area contributed by atoms with Crippen molar-refractivity contribution in [2.24, 2.45) is 5.92 Å². The Morgan fingerprint density at radius 3 is 3.00 bits per heavy atom. The van der Waals surface area contributed by atoms with Gasteiger partial charge >= 0.3 is 0 Å². The maximum atomic E-state index is 12.1. The second-order valence-electron chi connectivity index (χ2n) is 3.85. The minimum atomic E-state index is -1.10. The van der Waals surface area contributed by atoms with Gasteiger partial charge in [-0.2, -0.15) is 0 Å². The molecular formula is C12H14N2O3. The van der Waals surface area contributed by atoms with E-state index in [9.17, 15) is 9.90 Å². The lowest BCUT2D eigenvalue weighted by Crippen LogP contribution is -2.27. The molecule has 17 heavy (non-hydrogen) atoms. The molecule has 0 amide bonds. The number of carbonyl (C=O) groups excluding carboxylic acids is 1. The molecule has 0 spiro atoms. The SMILES string of the molecule is CO[C@@H](O)[C@@H](C)C(=O)c1cnc2ccccn12. The van der Waals surface area contributed by atoms with Gasteiger partial charge in [0, 0.05) is 13.3 Å². The molecule has 90 valence electrons. The van der Waals surface area contributed by atoms with Crippen LogP contribution < -0.4 is 0 Å². The monoisotopic (exact) mass is 234 g/mol. The Morgan fingerprint density at radius 2 is 2.29 bits per heavy atom. The lowest BCUT2D eigenvalue weighted by Gasteiger charge is -2.15. The van der Waals surface area contributed by atoms with Gasteiger partial charge in [-0.3, -0.25) is 9.20 Å². The van der Waals surface area contributed by atoms with Crippen molar-refractivity contribution in [2.45, 2.75) is 13.2 Å². The van der Waals surface area contributed by atoms with Crippen molar-refractivity contribution in [2.75, 3.05) is 7.11 Å². The molecule has 2 aromatic heterocycles. The van der Waals surface area contributed by atoms with E-state index in [0.717, 1.165) is 0 Å². The van der Waals surface area contributed by atoms with Crippen LogP contribution in [0.2, 0.25) is 0 Å². The number of ether oxygens (including phenoxy) is 1. The number of pyridine rings is 1. The zero-order valence-corrected chi connectivity index (χ0v) is 9.70. The highest BCUT2D eigenvalue weighted by atomic mass is 16.6. The van der Waals surface area contributed by atoms with Gasteiger partial charge in [-0.1, -0.05) is 13.0 Å². The first-order chi connectivity index (χ1) is 8.15. The Labute approximate surface area is 98.7 Å². The molecule has 0 radical (unpaired) electrons. The summed E-state index contributed by atoms with van der Waals surface area (Å²) in [5.74, 6) is -0.821. The largest absolute Gasteiger partial charge is 0.367 e. The van der Waals surface area contributed by atoms with E-state index in [4.69, 9.17) is 4.74 Å². The van der Waals surface area contributed by atoms with Crippen LogP contribution in [0.4, 0.5) is 0 Å². The van der Waals surface area contributed by atoms with Crippen molar-refractivity contribution >= 4 is 11.4 Å². The quantitative estimate of drug-likeness (QED) is 0.636. The molecule has 1 N–H and O–H groups in total. The highest BCUT2D eigenvalue weighted by molar-refractivity contribution is 5.97. The number of ketones is 1. The van der Waals surface area contributed by atoms with Gasteiger partial charge in [-0.25, -0.2) is 4.98 Å². The van der Waals surface area contributed by atoms with Crippen LogP contribution in [0.1, 0.15) is 17.4 Å². The van der Waals surface area contributed by atoms with Gasteiger partial charge in [0.25, 0.3) is 0 Å². The Balaban J connectivity index is 2.37. The number of Topliss-reactive ketones (excluding diaryl/α,β-unsaturated/α-hetero) is 1. The number of aromatic nitrogens is 2. The number of imidazole rings is 1. The molecule has 2 atom stereocenters. The van der Waals surface area contributed by atoms with Crippen molar-refractivity contribution in [3.63, 3.8) is 0 Å². The number of aliphatic hydroxyl groups is 1. The third-order valence-corrected chi connectivity index (χ3v) is 2.75. The van der Waals surface area contributed by atoms with E-state index >= 15 is 0 Å². The summed E-state index contributed by atoms with van der Waals surface area (Å²) in [5.41, 5.74) is 1.15. The molecule has 0 unspecified atom stereocenters. The zero-order chi connectivity index (χ0) is 12.4. The summed E-state index contributed by atoms with van der Waals surface area (Å²) in [7, 11) is 1.36. The van der Waals surface area contributed by atoms with E-state index in [-0.39, 0.29) is 5.78 Å². The molecule has 2 heterocycles. The Morgan fingerprint density at radius 1 is 1.53 bits per heavy atom. The molecule has 0 saturated heterocycles. The highest BCUT2D eigenvalue weighted by Crippen LogP contribution is 2.14. The fraction of sp³-hybridized carbons (Fsp3) is 0.333. The van der Waals surface area contributed by atoms with Crippen LogP contribution in [0, 0.1) is 5.92 Å². The summed E-state index contributed by atoms with van der Waals surface area (Å²) in [6, 6.07) is 5.49. The number of nitrogens with zero attached hydrogens (tertiary/aromatic N) is 2. The van der Waals surface area contributed by atoms with E-state index in [2.05, 4.69) is 4.98 Å². The second-order valence-corrected chi connectivity index (χ2v) is 3.85. The predicted octanol–water partition coefficient (Wildman–Crippen LogP) is 1.12. The molecule has 2 rings (SSSR count). The zero-order valence-electron chi connectivity index (χ0n) is 9.70. The van der Waals surface area contributed by atoms with E-state index in [1.807, 2.05) is 18.2 Å². The van der Waals surface area contributed by atoms with E-state index in [0.29, 0.717) is 11.3 Å². The predicted molar refractivity (Wildman–Crippen MR) is 61.7 cm³/mol. The maximum absolute atomic E-state index is 12.1. The first kappa shape index (κ1) is 11.8. The van der Waals surface area contributed by atoms with Crippen LogP contribution in [-0.4, -0.2) is 33.7 Å². The van der Waals surface area contributed by atoms with Crippen LogP contribution in [0.25, 0.3) is 5.65 Å². The first-order valence-electron chi connectivity index (χ1n) is 5.32. The average Bonchev–Trinajstić information content (AvgIpc) is 2.79. The molecule has 5 heteroatoms. The highest BCUT2D eigenvalue weighted by Gasteiger charge is 2.25. The fourth-order valence-corrected chi connectivity index (χ4v) is 1.68. The molecule has 5 nitrogen and oxygen atoms in total. The van der Waals surface area contributed by atoms with Gasteiger partial charge in [0.2, 0.25) is 0 Å². The number of hydrogen-bond donors (Lipinski definition) is 1. The van der Waals surface area contributed by atoms with Gasteiger partial charge in [0.15, 0.2) is 12.1 Å². The molecule has 0 fully saturated rings. The first-order valence-corrected chi connectivity index (χ1v) is 5.32. The number of carbonyl (C=O) groups is 1. The minimum Gasteiger partial charge on any atom is -0.367 e. The van der Waals surface area contributed by atoms with Gasteiger partial charge in [-0.15, -0.1) is 0 Å². The van der Waals surface area contributed by atoms with Gasteiger partial charge in [0.05, 0.1) is 12.1 Å². The number of methoxy groups -OCH3 is 1. The minimum absolute atomic E-state index is 0.196. The molecular weight excluding hydrogens is 220 g/mol. The Kier molecular flexibility index (Phi) is 3.21.